The number of carbonyl (C=O) groups excluding carboxylic acids is 1. The van der Waals surface area contributed by atoms with Crippen molar-refractivity contribution < 1.29 is 27.9 Å². The van der Waals surface area contributed by atoms with Crippen molar-refractivity contribution in [2.45, 2.75) is 50.9 Å². The molecule has 0 spiro atoms. The molecule has 2 amide bonds. The van der Waals surface area contributed by atoms with Crippen LogP contribution in [-0.2, 0) is 17.5 Å². The highest BCUT2D eigenvalue weighted by Crippen LogP contribution is 2.33. The van der Waals surface area contributed by atoms with E-state index in [1.54, 1.807) is 0 Å². The van der Waals surface area contributed by atoms with Gasteiger partial charge >= 0.3 is 18.2 Å². The zero-order chi connectivity index (χ0) is 18.4. The van der Waals surface area contributed by atoms with Crippen molar-refractivity contribution in [3.63, 3.8) is 0 Å². The first-order chi connectivity index (χ1) is 11.8. The van der Waals surface area contributed by atoms with Gasteiger partial charge in [-0.3, -0.25) is 4.79 Å². The maximum Gasteiger partial charge on any atom is 0.416 e. The molecule has 1 aromatic carbocycles. The summed E-state index contributed by atoms with van der Waals surface area (Å²) in [6.45, 7) is -0.211. The minimum Gasteiger partial charge on any atom is -0.481 e. The number of benzene rings is 1. The lowest BCUT2D eigenvalue weighted by atomic mass is 10.1. The summed E-state index contributed by atoms with van der Waals surface area (Å²) >= 11 is 0. The Kier molecular flexibility index (Phi) is 6.27. The van der Waals surface area contributed by atoms with Crippen LogP contribution in [0.4, 0.5) is 18.0 Å². The van der Waals surface area contributed by atoms with Gasteiger partial charge < -0.3 is 15.3 Å². The minimum absolute atomic E-state index is 0.0373. The molecule has 5 nitrogen and oxygen atoms in total. The van der Waals surface area contributed by atoms with E-state index in [1.807, 2.05) is 0 Å². The Labute approximate surface area is 143 Å². The Hall–Kier alpha value is -2.25. The van der Waals surface area contributed by atoms with Gasteiger partial charge in [-0.15, -0.1) is 0 Å². The van der Waals surface area contributed by atoms with Crippen LogP contribution in [-0.4, -0.2) is 34.6 Å². The average Bonchev–Trinajstić information content (AvgIpc) is 3.05. The number of alkyl halides is 3. The van der Waals surface area contributed by atoms with Gasteiger partial charge in [0.25, 0.3) is 0 Å². The van der Waals surface area contributed by atoms with Gasteiger partial charge in [-0.1, -0.05) is 31.0 Å². The predicted molar refractivity (Wildman–Crippen MR) is 84.9 cm³/mol. The van der Waals surface area contributed by atoms with Crippen LogP contribution in [0.25, 0.3) is 0 Å². The van der Waals surface area contributed by atoms with Crippen molar-refractivity contribution in [3.05, 3.63) is 35.4 Å². The van der Waals surface area contributed by atoms with Gasteiger partial charge in [-0.05, 0) is 24.5 Å². The van der Waals surface area contributed by atoms with Crippen LogP contribution in [0, 0.1) is 0 Å². The van der Waals surface area contributed by atoms with Crippen molar-refractivity contribution in [1.82, 2.24) is 10.2 Å². The number of carbonyl (C=O) groups is 2. The first kappa shape index (κ1) is 19.1. The van der Waals surface area contributed by atoms with Gasteiger partial charge in [0.05, 0.1) is 12.0 Å². The third-order valence-electron chi connectivity index (χ3n) is 4.30. The molecule has 0 aliphatic heterocycles. The van der Waals surface area contributed by atoms with Gasteiger partial charge in [0.1, 0.15) is 0 Å². The molecule has 0 unspecified atom stereocenters. The molecule has 0 aromatic heterocycles. The van der Waals surface area contributed by atoms with Crippen molar-refractivity contribution in [3.8, 4) is 0 Å². The molecule has 0 saturated heterocycles. The normalized spacial score (nSPS) is 15.2. The molecule has 0 heterocycles. The van der Waals surface area contributed by atoms with Crippen molar-refractivity contribution in [1.29, 1.82) is 0 Å². The highest BCUT2D eigenvalue weighted by atomic mass is 19.4. The second kappa shape index (κ2) is 8.22. The summed E-state index contributed by atoms with van der Waals surface area (Å²) in [5.41, 5.74) is -0.716. The number of aliphatic carboxylic acids is 1. The third-order valence-corrected chi connectivity index (χ3v) is 4.30. The highest BCUT2D eigenvalue weighted by molar-refractivity contribution is 5.75. The molecule has 2 rings (SSSR count). The zero-order valence-corrected chi connectivity index (χ0v) is 13.7. The third kappa shape index (κ3) is 5.37. The molecule has 138 valence electrons. The lowest BCUT2D eigenvalue weighted by molar-refractivity contribution is -0.139. The summed E-state index contributed by atoms with van der Waals surface area (Å²) in [6, 6.07) is 4.55. The Morgan fingerprint density at radius 3 is 2.44 bits per heavy atom. The fraction of sp³-hybridized carbons (Fsp3) is 0.529. The molecule has 1 saturated carbocycles. The summed E-state index contributed by atoms with van der Waals surface area (Å²) in [7, 11) is 0. The number of nitrogens with one attached hydrogen (secondary N) is 1. The van der Waals surface area contributed by atoms with Crippen LogP contribution in [0.1, 0.15) is 43.2 Å². The summed E-state index contributed by atoms with van der Waals surface area (Å²) in [6.07, 6.45) is -1.41. The molecule has 1 aromatic rings. The number of nitrogens with zero attached hydrogens (tertiary/aromatic N) is 1. The van der Waals surface area contributed by atoms with E-state index in [9.17, 15) is 22.8 Å². The Morgan fingerprint density at radius 2 is 1.84 bits per heavy atom. The number of amides is 2. The molecule has 8 heteroatoms. The smallest absolute Gasteiger partial charge is 0.416 e. The molecule has 25 heavy (non-hydrogen) atoms. The van der Waals surface area contributed by atoms with Crippen LogP contribution >= 0.6 is 0 Å². The van der Waals surface area contributed by atoms with Gasteiger partial charge in [-0.25, -0.2) is 4.79 Å². The van der Waals surface area contributed by atoms with Crippen molar-refractivity contribution in [2.24, 2.45) is 0 Å². The molecule has 1 aliphatic carbocycles. The highest BCUT2D eigenvalue weighted by Gasteiger charge is 2.35. The van der Waals surface area contributed by atoms with Crippen LogP contribution < -0.4 is 5.32 Å². The SMILES string of the molecule is O=C(O)CCNC(=O)N(Cc1ccccc1C(F)(F)F)C1CCCC1. The molecule has 1 aliphatic rings. The Bertz CT molecular complexity index is 613. The maximum absolute atomic E-state index is 13.2. The Balaban J connectivity index is 2.17. The fourth-order valence-corrected chi connectivity index (χ4v) is 3.08. The fourth-order valence-electron chi connectivity index (χ4n) is 3.08. The second-order valence-electron chi connectivity index (χ2n) is 6.10. The molecule has 0 radical (unpaired) electrons. The number of halogens is 3. The van der Waals surface area contributed by atoms with Gasteiger partial charge in [0.15, 0.2) is 0 Å². The summed E-state index contributed by atoms with van der Waals surface area (Å²) < 4.78 is 39.6. The van der Waals surface area contributed by atoms with Gasteiger partial charge in [-0.2, -0.15) is 13.2 Å². The van der Waals surface area contributed by atoms with E-state index in [2.05, 4.69) is 5.32 Å². The topological polar surface area (TPSA) is 69.6 Å². The van der Waals surface area contributed by atoms with E-state index >= 15 is 0 Å². The van der Waals surface area contributed by atoms with Crippen LogP contribution in [0.2, 0.25) is 0 Å². The van der Waals surface area contributed by atoms with Crippen LogP contribution in [0.15, 0.2) is 24.3 Å². The quantitative estimate of drug-likeness (QED) is 0.816. The number of urea groups is 1. The summed E-state index contributed by atoms with van der Waals surface area (Å²) in [5.74, 6) is -1.05. The lowest BCUT2D eigenvalue weighted by Crippen LogP contribution is -2.45. The van der Waals surface area contributed by atoms with Crippen molar-refractivity contribution >= 4 is 12.0 Å². The monoisotopic (exact) mass is 358 g/mol. The number of carboxylic acids is 1. The first-order valence-electron chi connectivity index (χ1n) is 8.20. The molecule has 0 atom stereocenters. The van der Waals surface area contributed by atoms with Gasteiger partial charge in [0, 0.05) is 19.1 Å². The van der Waals surface area contributed by atoms with Gasteiger partial charge in [0.2, 0.25) is 0 Å². The number of rotatable bonds is 6. The Morgan fingerprint density at radius 1 is 1.20 bits per heavy atom. The molecular formula is C17H21F3N2O3. The van der Waals surface area contributed by atoms with E-state index in [0.717, 1.165) is 31.7 Å². The second-order valence-corrected chi connectivity index (χ2v) is 6.10. The van der Waals surface area contributed by atoms with E-state index in [1.165, 1.54) is 23.1 Å². The predicted octanol–water partition coefficient (Wildman–Crippen LogP) is 3.63. The molecular weight excluding hydrogens is 337 g/mol. The molecule has 0 bridgehead atoms. The first-order valence-corrected chi connectivity index (χ1v) is 8.20. The standard InChI is InChI=1S/C17H21F3N2O3/c18-17(19,20)14-8-4-1-5-12(14)11-22(13-6-2-3-7-13)16(25)21-10-9-15(23)24/h1,4-5,8,13H,2-3,6-7,9-11H2,(H,21,25)(H,23,24). The van der Waals surface area contributed by atoms with Crippen molar-refractivity contribution in [2.75, 3.05) is 6.54 Å². The zero-order valence-electron chi connectivity index (χ0n) is 13.7. The summed E-state index contributed by atoms with van der Waals surface area (Å²) in [5, 5.41) is 11.1. The van der Waals surface area contributed by atoms with Crippen LogP contribution in [0.3, 0.4) is 0 Å². The molecule has 2 N–H and O–H groups in total. The van der Waals surface area contributed by atoms with E-state index in [0.29, 0.717) is 0 Å². The summed E-state index contributed by atoms with van der Waals surface area (Å²) in [4.78, 5) is 24.4. The number of hydrogen-bond donors (Lipinski definition) is 2. The minimum atomic E-state index is -4.49. The van der Waals surface area contributed by atoms with E-state index < -0.39 is 23.7 Å². The average molecular weight is 358 g/mol. The maximum atomic E-state index is 13.2. The van der Waals surface area contributed by atoms with E-state index in [-0.39, 0.29) is 31.1 Å². The molecule has 1 fully saturated rings. The lowest BCUT2D eigenvalue weighted by Gasteiger charge is -2.30. The number of hydrogen-bond acceptors (Lipinski definition) is 2. The van der Waals surface area contributed by atoms with Crippen LogP contribution in [0.5, 0.6) is 0 Å². The number of carboxylic acid groups (broad SMARTS) is 1. The van der Waals surface area contributed by atoms with E-state index in [4.69, 9.17) is 5.11 Å². The largest absolute Gasteiger partial charge is 0.481 e.